The summed E-state index contributed by atoms with van der Waals surface area (Å²) >= 11 is 0. The lowest BCUT2D eigenvalue weighted by molar-refractivity contribution is 0.102. The number of amides is 1. The minimum absolute atomic E-state index is 0.203. The molecule has 1 N–H and O–H groups in total. The second-order valence-electron chi connectivity index (χ2n) is 6.55. The first-order valence-electron chi connectivity index (χ1n) is 9.06. The van der Waals surface area contributed by atoms with Crippen molar-refractivity contribution in [3.05, 3.63) is 36.0 Å². The van der Waals surface area contributed by atoms with Gasteiger partial charge in [-0.05, 0) is 49.9 Å². The molecule has 7 heteroatoms. The fourth-order valence-electron chi connectivity index (χ4n) is 3.50. The van der Waals surface area contributed by atoms with Crippen LogP contribution in [0.2, 0.25) is 0 Å². The molecule has 7 nitrogen and oxygen atoms in total. The summed E-state index contributed by atoms with van der Waals surface area (Å²) in [4.78, 5) is 14.7. The zero-order valence-corrected chi connectivity index (χ0v) is 14.8. The Bertz CT molecular complexity index is 794. The number of hydrogen-bond donors (Lipinski definition) is 1. The van der Waals surface area contributed by atoms with E-state index < -0.39 is 0 Å². The molecule has 1 fully saturated rings. The molecule has 1 aromatic carbocycles. The molecule has 0 aliphatic carbocycles. The van der Waals surface area contributed by atoms with Gasteiger partial charge in [-0.25, -0.2) is 0 Å². The Labute approximate surface area is 152 Å². The van der Waals surface area contributed by atoms with Crippen LogP contribution in [0.25, 0.3) is 0 Å². The third-order valence-corrected chi connectivity index (χ3v) is 4.91. The minimum atomic E-state index is -0.298. The molecule has 2 aliphatic heterocycles. The largest absolute Gasteiger partial charge is 0.454 e. The van der Waals surface area contributed by atoms with Crippen molar-refractivity contribution >= 4 is 17.4 Å². The van der Waals surface area contributed by atoms with Gasteiger partial charge in [0.1, 0.15) is 0 Å². The van der Waals surface area contributed by atoms with Crippen LogP contribution >= 0.6 is 0 Å². The van der Waals surface area contributed by atoms with Crippen molar-refractivity contribution in [2.45, 2.75) is 38.6 Å². The molecule has 1 saturated heterocycles. The predicted molar refractivity (Wildman–Crippen MR) is 97.8 cm³/mol. The molecule has 0 saturated carbocycles. The lowest BCUT2D eigenvalue weighted by Crippen LogP contribution is -2.39. The number of fused-ring (bicyclic) bond motifs is 1. The van der Waals surface area contributed by atoms with Crippen molar-refractivity contribution < 1.29 is 14.3 Å². The van der Waals surface area contributed by atoms with Crippen LogP contribution in [0, 0.1) is 0 Å². The Morgan fingerprint density at radius 2 is 2.08 bits per heavy atom. The number of anilines is 2. The molecule has 1 aromatic heterocycles. The van der Waals surface area contributed by atoms with Gasteiger partial charge in [-0.1, -0.05) is 6.92 Å². The summed E-state index contributed by atoms with van der Waals surface area (Å²) in [5.74, 6) is 1.85. The molecule has 0 bridgehead atoms. The molecule has 26 heavy (non-hydrogen) atoms. The highest BCUT2D eigenvalue weighted by Crippen LogP contribution is 2.34. The number of nitrogens with one attached hydrogen (secondary N) is 1. The number of nitrogens with zero attached hydrogens (tertiary/aromatic N) is 3. The van der Waals surface area contributed by atoms with Crippen LogP contribution in [-0.4, -0.2) is 35.5 Å². The summed E-state index contributed by atoms with van der Waals surface area (Å²) in [6.07, 6.45) is 4.71. The van der Waals surface area contributed by atoms with E-state index in [1.807, 2.05) is 6.07 Å². The Balaban J connectivity index is 1.45. The second kappa shape index (κ2) is 7.19. The van der Waals surface area contributed by atoms with Gasteiger partial charge in [-0.2, -0.15) is 0 Å². The number of piperidine rings is 1. The molecule has 1 amide bonds. The van der Waals surface area contributed by atoms with Crippen LogP contribution in [-0.2, 0) is 0 Å². The van der Waals surface area contributed by atoms with Crippen molar-refractivity contribution in [1.82, 2.24) is 10.2 Å². The highest BCUT2D eigenvalue weighted by Gasteiger charge is 2.23. The minimum Gasteiger partial charge on any atom is -0.454 e. The van der Waals surface area contributed by atoms with Gasteiger partial charge in [0.25, 0.3) is 5.91 Å². The Morgan fingerprint density at radius 1 is 1.19 bits per heavy atom. The highest BCUT2D eigenvalue weighted by atomic mass is 16.7. The van der Waals surface area contributed by atoms with E-state index >= 15 is 0 Å². The maximum atomic E-state index is 12.4. The van der Waals surface area contributed by atoms with E-state index in [0.717, 1.165) is 18.8 Å². The molecule has 136 valence electrons. The van der Waals surface area contributed by atoms with E-state index in [-0.39, 0.29) is 18.4 Å². The van der Waals surface area contributed by atoms with Crippen molar-refractivity contribution in [3.8, 4) is 11.5 Å². The predicted octanol–water partition coefficient (Wildman–Crippen LogP) is 3.23. The number of carbonyl (C=O) groups excluding carboxylic acids is 1. The van der Waals surface area contributed by atoms with Gasteiger partial charge >= 0.3 is 0 Å². The monoisotopic (exact) mass is 354 g/mol. The molecule has 0 spiro atoms. The van der Waals surface area contributed by atoms with Gasteiger partial charge in [0.05, 0.1) is 0 Å². The van der Waals surface area contributed by atoms with Gasteiger partial charge in [0.2, 0.25) is 6.79 Å². The third kappa shape index (κ3) is 3.29. The average molecular weight is 354 g/mol. The van der Waals surface area contributed by atoms with Gasteiger partial charge in [0.15, 0.2) is 23.0 Å². The molecular weight excluding hydrogens is 332 g/mol. The summed E-state index contributed by atoms with van der Waals surface area (Å²) in [5.41, 5.74) is 0.920. The van der Waals surface area contributed by atoms with Gasteiger partial charge in [-0.15, -0.1) is 10.2 Å². The second-order valence-corrected chi connectivity index (χ2v) is 6.55. The number of aromatic nitrogens is 2. The highest BCUT2D eigenvalue weighted by molar-refractivity contribution is 6.03. The van der Waals surface area contributed by atoms with Crippen LogP contribution in [0.5, 0.6) is 11.5 Å². The SMILES string of the molecule is CCC1CCCCN1c1ccc(C(=O)Nc2ccc3c(c2)OCO3)nn1. The molecule has 3 heterocycles. The van der Waals surface area contributed by atoms with Crippen LogP contribution in [0.1, 0.15) is 43.1 Å². The van der Waals surface area contributed by atoms with Crippen molar-refractivity contribution in [2.24, 2.45) is 0 Å². The Kier molecular flexibility index (Phi) is 4.60. The zero-order chi connectivity index (χ0) is 17.9. The molecule has 1 unspecified atom stereocenters. The average Bonchev–Trinajstić information content (AvgIpc) is 3.16. The quantitative estimate of drug-likeness (QED) is 0.908. The van der Waals surface area contributed by atoms with Gasteiger partial charge < -0.3 is 19.7 Å². The smallest absolute Gasteiger partial charge is 0.276 e. The first kappa shape index (κ1) is 16.6. The van der Waals surface area contributed by atoms with Crippen LogP contribution in [0.3, 0.4) is 0 Å². The Hall–Kier alpha value is -2.83. The summed E-state index contributed by atoms with van der Waals surface area (Å²) in [6.45, 7) is 3.40. The third-order valence-electron chi connectivity index (χ3n) is 4.91. The topological polar surface area (TPSA) is 76.6 Å². The molecule has 1 atom stereocenters. The normalized spacial score (nSPS) is 18.7. The van der Waals surface area contributed by atoms with E-state index in [0.29, 0.717) is 23.2 Å². The van der Waals surface area contributed by atoms with E-state index in [9.17, 15) is 4.79 Å². The van der Waals surface area contributed by atoms with Crippen molar-refractivity contribution in [1.29, 1.82) is 0 Å². The first-order chi connectivity index (χ1) is 12.7. The van der Waals surface area contributed by atoms with E-state index in [2.05, 4.69) is 27.3 Å². The maximum Gasteiger partial charge on any atom is 0.276 e. The molecule has 4 rings (SSSR count). The molecule has 0 radical (unpaired) electrons. The van der Waals surface area contributed by atoms with Gasteiger partial charge in [-0.3, -0.25) is 4.79 Å². The van der Waals surface area contributed by atoms with Crippen molar-refractivity contribution in [3.63, 3.8) is 0 Å². The standard InChI is InChI=1S/C19H22N4O3/c1-2-14-5-3-4-10-23(14)18-9-7-15(21-22-18)19(24)20-13-6-8-16-17(11-13)26-12-25-16/h6-9,11,14H,2-5,10,12H2,1H3,(H,20,24). The lowest BCUT2D eigenvalue weighted by Gasteiger charge is -2.35. The fraction of sp³-hybridized carbons (Fsp3) is 0.421. The van der Waals surface area contributed by atoms with Gasteiger partial charge in [0, 0.05) is 24.3 Å². The van der Waals surface area contributed by atoms with E-state index in [1.54, 1.807) is 24.3 Å². The number of ether oxygens (including phenoxy) is 2. The number of carbonyl (C=O) groups is 1. The molecule has 2 aliphatic rings. The Morgan fingerprint density at radius 3 is 2.88 bits per heavy atom. The summed E-state index contributed by atoms with van der Waals surface area (Å²) in [5, 5.41) is 11.2. The number of rotatable bonds is 4. The molecular formula is C19H22N4O3. The van der Waals surface area contributed by atoms with E-state index in [4.69, 9.17) is 9.47 Å². The van der Waals surface area contributed by atoms with Crippen molar-refractivity contribution in [2.75, 3.05) is 23.6 Å². The summed E-state index contributed by atoms with van der Waals surface area (Å²) in [6, 6.07) is 9.40. The summed E-state index contributed by atoms with van der Waals surface area (Å²) in [7, 11) is 0. The summed E-state index contributed by atoms with van der Waals surface area (Å²) < 4.78 is 10.6. The van der Waals surface area contributed by atoms with E-state index in [1.165, 1.54) is 19.3 Å². The van der Waals surface area contributed by atoms with Crippen LogP contribution in [0.15, 0.2) is 30.3 Å². The zero-order valence-electron chi connectivity index (χ0n) is 14.8. The van der Waals surface area contributed by atoms with Crippen LogP contribution < -0.4 is 19.7 Å². The number of benzene rings is 1. The van der Waals surface area contributed by atoms with Crippen LogP contribution in [0.4, 0.5) is 11.5 Å². The number of hydrogen-bond acceptors (Lipinski definition) is 6. The fourth-order valence-corrected chi connectivity index (χ4v) is 3.50. The maximum absolute atomic E-state index is 12.4. The molecule has 2 aromatic rings. The lowest BCUT2D eigenvalue weighted by atomic mass is 10.0. The first-order valence-corrected chi connectivity index (χ1v) is 9.06.